The highest BCUT2D eigenvalue weighted by molar-refractivity contribution is 7.71. The smallest absolute Gasteiger partial charge is 0.292 e. The van der Waals surface area contributed by atoms with Crippen molar-refractivity contribution in [1.82, 2.24) is 15.1 Å². The number of carbonyl (C=O) groups excluding carboxylic acids is 1. The van der Waals surface area contributed by atoms with Gasteiger partial charge in [0.15, 0.2) is 13.2 Å². The molecule has 2 heterocycles. The first-order valence-corrected chi connectivity index (χ1v) is 10.2. The first-order valence-electron chi connectivity index (χ1n) is 9.38. The molecule has 1 aromatic carbocycles. The molecule has 1 aliphatic heterocycles. The van der Waals surface area contributed by atoms with E-state index in [2.05, 4.69) is 10.4 Å². The van der Waals surface area contributed by atoms with E-state index in [0.29, 0.717) is 35.0 Å². The van der Waals surface area contributed by atoms with E-state index in [4.69, 9.17) is 28.2 Å². The summed E-state index contributed by atoms with van der Waals surface area (Å²) in [5, 5.41) is 8.17. The Morgan fingerprint density at radius 2 is 1.96 bits per heavy atom. The summed E-state index contributed by atoms with van der Waals surface area (Å²) in [6.07, 6.45) is 2.26. The van der Waals surface area contributed by atoms with Gasteiger partial charge in [-0.15, -0.1) is 5.10 Å². The van der Waals surface area contributed by atoms with Gasteiger partial charge >= 0.3 is 0 Å². The van der Waals surface area contributed by atoms with Gasteiger partial charge in [-0.1, -0.05) is 23.7 Å². The Balaban J connectivity index is 1.32. The van der Waals surface area contributed by atoms with Crippen LogP contribution in [0.3, 0.4) is 0 Å². The minimum absolute atomic E-state index is 0.180. The van der Waals surface area contributed by atoms with Gasteiger partial charge in [-0.3, -0.25) is 4.79 Å². The van der Waals surface area contributed by atoms with Gasteiger partial charge < -0.3 is 19.5 Å². The zero-order chi connectivity index (χ0) is 18.8. The number of piperazine rings is 1. The quantitative estimate of drug-likeness (QED) is 0.565. The Hall–Kier alpha value is -1.74. The molecular weight excluding hydrogens is 386 g/mol. The number of halogens is 1. The molecule has 0 bridgehead atoms. The number of hydrogen-bond acceptors (Lipinski definition) is 4. The molecule has 7 nitrogen and oxygen atoms in total. The van der Waals surface area contributed by atoms with E-state index in [1.807, 2.05) is 18.2 Å². The Kier molecular flexibility index (Phi) is 5.58. The van der Waals surface area contributed by atoms with Gasteiger partial charge in [0.2, 0.25) is 5.89 Å². The van der Waals surface area contributed by atoms with Gasteiger partial charge in [0.05, 0.1) is 10.6 Å². The van der Waals surface area contributed by atoms with Crippen LogP contribution >= 0.6 is 23.8 Å². The lowest BCUT2D eigenvalue weighted by atomic mass is 10.2. The maximum Gasteiger partial charge on any atom is 0.292 e. The number of rotatable bonds is 6. The maximum atomic E-state index is 12.0. The molecule has 3 N–H and O–H groups in total. The molecule has 1 saturated heterocycles. The summed E-state index contributed by atoms with van der Waals surface area (Å²) in [5.41, 5.74) is 0.745. The van der Waals surface area contributed by atoms with E-state index in [9.17, 15) is 4.79 Å². The third kappa shape index (κ3) is 4.76. The van der Waals surface area contributed by atoms with Crippen molar-refractivity contribution in [3.8, 4) is 11.5 Å². The lowest BCUT2D eigenvalue weighted by Gasteiger charge is -2.28. The van der Waals surface area contributed by atoms with Crippen LogP contribution in [-0.2, 0) is 11.5 Å². The number of carbonyl (C=O) groups is 1. The molecule has 1 aromatic heterocycles. The molecule has 4 rings (SSSR count). The molecule has 27 heavy (non-hydrogen) atoms. The monoisotopic (exact) mass is 409 g/mol. The number of hydrogen-bond donors (Lipinski definition) is 3. The highest BCUT2D eigenvalue weighted by Crippen LogP contribution is 2.26. The Morgan fingerprint density at radius 3 is 2.67 bits per heavy atom. The second-order valence-electron chi connectivity index (χ2n) is 7.33. The van der Waals surface area contributed by atoms with Crippen LogP contribution in [0.1, 0.15) is 12.8 Å². The van der Waals surface area contributed by atoms with Gasteiger partial charge in [0.1, 0.15) is 26.2 Å². The summed E-state index contributed by atoms with van der Waals surface area (Å²) < 4.78 is 7.38. The van der Waals surface area contributed by atoms with Gasteiger partial charge in [0.25, 0.3) is 10.7 Å². The summed E-state index contributed by atoms with van der Waals surface area (Å²) in [6, 6.07) is 7.88. The fourth-order valence-corrected chi connectivity index (χ4v) is 3.79. The number of benzene rings is 1. The summed E-state index contributed by atoms with van der Waals surface area (Å²) in [6.45, 7) is 5.12. The van der Waals surface area contributed by atoms with Crippen LogP contribution in [-0.4, -0.2) is 54.5 Å². The van der Waals surface area contributed by atoms with Crippen molar-refractivity contribution in [2.24, 2.45) is 0 Å². The first kappa shape index (κ1) is 18.6. The van der Waals surface area contributed by atoms with E-state index in [0.717, 1.165) is 44.6 Å². The molecule has 9 heteroatoms. The van der Waals surface area contributed by atoms with Gasteiger partial charge in [-0.05, 0) is 37.2 Å². The van der Waals surface area contributed by atoms with Crippen molar-refractivity contribution >= 4 is 29.7 Å². The molecule has 1 aliphatic carbocycles. The Bertz CT molecular complexity index is 871. The molecule has 2 aliphatic rings. The third-order valence-electron chi connectivity index (χ3n) is 5.10. The molecule has 0 atom stereocenters. The number of aromatic nitrogens is 2. The lowest BCUT2D eigenvalue weighted by Crippen LogP contribution is -3.28. The van der Waals surface area contributed by atoms with E-state index in [-0.39, 0.29) is 5.91 Å². The highest BCUT2D eigenvalue weighted by Gasteiger charge is 2.28. The van der Waals surface area contributed by atoms with Crippen LogP contribution in [0.15, 0.2) is 28.7 Å². The standard InChI is InChI=1S/C18H22ClN5O2S/c19-15-4-2-1-3-14(15)17-21-24(18(27)26-17)12-23-9-7-22(8-10-23)11-16(25)20-13-5-6-13/h1-4,13H,5-12H2,(H,20,25)/p+2. The average molecular weight is 410 g/mol. The van der Waals surface area contributed by atoms with E-state index >= 15 is 0 Å². The Labute approximate surface area is 167 Å². The van der Waals surface area contributed by atoms with Gasteiger partial charge in [-0.25, -0.2) is 0 Å². The maximum absolute atomic E-state index is 12.0. The summed E-state index contributed by atoms with van der Waals surface area (Å²) >= 11 is 11.6. The average Bonchev–Trinajstić information content (AvgIpc) is 3.39. The molecule has 2 fully saturated rings. The second kappa shape index (κ2) is 8.10. The minimum atomic E-state index is 0.180. The second-order valence-corrected chi connectivity index (χ2v) is 8.09. The van der Waals surface area contributed by atoms with E-state index in [1.54, 1.807) is 10.7 Å². The van der Waals surface area contributed by atoms with Crippen LogP contribution in [0.5, 0.6) is 0 Å². The summed E-state index contributed by atoms with van der Waals surface area (Å²) in [4.78, 5) is 15.0. The topological polar surface area (TPSA) is 68.9 Å². The highest BCUT2D eigenvalue weighted by atomic mass is 35.5. The van der Waals surface area contributed by atoms with Crippen LogP contribution in [0.25, 0.3) is 11.5 Å². The molecule has 1 saturated carbocycles. The number of nitrogens with zero attached hydrogens (tertiary/aromatic N) is 2. The lowest BCUT2D eigenvalue weighted by molar-refractivity contribution is -1.02. The molecule has 0 spiro atoms. The van der Waals surface area contributed by atoms with Crippen molar-refractivity contribution in [3.05, 3.63) is 34.1 Å². The molecular formula is C18H24ClN5O2S+2. The molecule has 144 valence electrons. The van der Waals surface area contributed by atoms with E-state index in [1.165, 1.54) is 9.80 Å². The third-order valence-corrected chi connectivity index (χ3v) is 5.72. The molecule has 2 aromatic rings. The fourth-order valence-electron chi connectivity index (χ4n) is 3.39. The van der Waals surface area contributed by atoms with E-state index < -0.39 is 0 Å². The van der Waals surface area contributed by atoms with Crippen molar-refractivity contribution in [2.75, 3.05) is 32.7 Å². The largest absolute Gasteiger partial charge is 0.409 e. The zero-order valence-corrected chi connectivity index (χ0v) is 16.6. The SMILES string of the molecule is O=C(C[NH+]1CC[NH+](Cn2nc(-c3ccccc3Cl)oc2=S)CC1)NC1CC1. The number of amides is 1. The van der Waals surface area contributed by atoms with Gasteiger partial charge in [0, 0.05) is 6.04 Å². The van der Waals surface area contributed by atoms with Crippen molar-refractivity contribution in [2.45, 2.75) is 25.6 Å². The fraction of sp³-hybridized carbons (Fsp3) is 0.500. The van der Waals surface area contributed by atoms with Crippen LogP contribution in [0.4, 0.5) is 0 Å². The van der Waals surface area contributed by atoms with Crippen LogP contribution in [0.2, 0.25) is 5.02 Å². The summed E-state index contributed by atoms with van der Waals surface area (Å²) in [7, 11) is 0. The predicted molar refractivity (Wildman–Crippen MR) is 103 cm³/mol. The summed E-state index contributed by atoms with van der Waals surface area (Å²) in [5.74, 6) is 0.630. The number of quaternary nitrogens is 2. The van der Waals surface area contributed by atoms with Crippen LogP contribution < -0.4 is 15.1 Å². The number of nitrogens with one attached hydrogen (secondary N) is 3. The van der Waals surface area contributed by atoms with Gasteiger partial charge in [-0.2, -0.15) is 4.68 Å². The Morgan fingerprint density at radius 1 is 1.26 bits per heavy atom. The zero-order valence-electron chi connectivity index (χ0n) is 15.0. The molecule has 0 radical (unpaired) electrons. The van der Waals surface area contributed by atoms with Crippen molar-refractivity contribution < 1.29 is 19.0 Å². The molecule has 1 amide bonds. The van der Waals surface area contributed by atoms with Crippen molar-refractivity contribution in [3.63, 3.8) is 0 Å². The van der Waals surface area contributed by atoms with Crippen LogP contribution in [0, 0.1) is 4.84 Å². The normalized spacial score (nSPS) is 22.6. The minimum Gasteiger partial charge on any atom is -0.409 e. The first-order chi connectivity index (χ1) is 13.1. The predicted octanol–water partition coefficient (Wildman–Crippen LogP) is -0.455. The van der Waals surface area contributed by atoms with Crippen molar-refractivity contribution in [1.29, 1.82) is 0 Å². The molecule has 0 unspecified atom stereocenters.